The zero-order chi connectivity index (χ0) is 15.2. The molecule has 0 saturated carbocycles. The Morgan fingerprint density at radius 2 is 1.95 bits per heavy atom. The molecule has 0 amide bonds. The quantitative estimate of drug-likeness (QED) is 0.434. The van der Waals surface area contributed by atoms with Crippen molar-refractivity contribution in [3.05, 3.63) is 34.9 Å². The van der Waals surface area contributed by atoms with E-state index in [1.165, 1.54) is 0 Å². The van der Waals surface area contributed by atoms with Gasteiger partial charge in [0.25, 0.3) is 0 Å². The number of likely N-dealkylation sites (N-methyl/N-ethyl adjacent to an activating group) is 1. The van der Waals surface area contributed by atoms with Crippen molar-refractivity contribution >= 4 is 41.5 Å². The third-order valence-corrected chi connectivity index (χ3v) is 3.71. The fourth-order valence-electron chi connectivity index (χ4n) is 1.51. The predicted octanol–water partition coefficient (Wildman–Crippen LogP) is 2.96. The van der Waals surface area contributed by atoms with Crippen molar-refractivity contribution in [1.29, 1.82) is 0 Å². The molecule has 21 heavy (non-hydrogen) atoms. The topological polar surface area (TPSA) is 39.7 Å². The summed E-state index contributed by atoms with van der Waals surface area (Å²) < 4.78 is 0. The molecule has 0 heterocycles. The average Bonchev–Trinajstić information content (AvgIpc) is 2.38. The van der Waals surface area contributed by atoms with E-state index in [0.717, 1.165) is 23.1 Å². The maximum absolute atomic E-state index is 5.97. The van der Waals surface area contributed by atoms with E-state index in [0.29, 0.717) is 6.54 Å². The fourth-order valence-corrected chi connectivity index (χ4v) is 1.72. The van der Waals surface area contributed by atoms with Crippen molar-refractivity contribution in [3.8, 4) is 0 Å². The van der Waals surface area contributed by atoms with Gasteiger partial charge in [-0.1, -0.05) is 23.7 Å². The largest absolute Gasteiger partial charge is 0.355 e. The second kappa shape index (κ2) is 9.48. The SMILES string of the molecule is CN=C(NCc1cccc(Cl)c1)NCC(C)(C)N(C)C.I. The van der Waals surface area contributed by atoms with Gasteiger partial charge in [0, 0.05) is 30.7 Å². The normalized spacial score (nSPS) is 12.0. The van der Waals surface area contributed by atoms with Crippen LogP contribution in [0.3, 0.4) is 0 Å². The third kappa shape index (κ3) is 7.33. The Morgan fingerprint density at radius 1 is 1.29 bits per heavy atom. The number of rotatable bonds is 5. The van der Waals surface area contributed by atoms with Gasteiger partial charge in [-0.2, -0.15) is 0 Å². The highest BCUT2D eigenvalue weighted by atomic mass is 127. The summed E-state index contributed by atoms with van der Waals surface area (Å²) in [6.07, 6.45) is 0. The van der Waals surface area contributed by atoms with Crippen LogP contribution in [0.2, 0.25) is 5.02 Å². The first-order chi connectivity index (χ1) is 9.35. The molecule has 2 N–H and O–H groups in total. The monoisotopic (exact) mass is 424 g/mol. The molecule has 120 valence electrons. The number of hydrogen-bond donors (Lipinski definition) is 2. The summed E-state index contributed by atoms with van der Waals surface area (Å²) in [4.78, 5) is 6.42. The highest BCUT2D eigenvalue weighted by molar-refractivity contribution is 14.0. The van der Waals surface area contributed by atoms with Crippen LogP contribution in [-0.4, -0.2) is 44.1 Å². The average molecular weight is 425 g/mol. The van der Waals surface area contributed by atoms with Crippen LogP contribution in [0.1, 0.15) is 19.4 Å². The molecular weight excluding hydrogens is 399 g/mol. The number of guanidine groups is 1. The molecule has 0 atom stereocenters. The second-order valence-electron chi connectivity index (χ2n) is 5.62. The van der Waals surface area contributed by atoms with E-state index in [1.54, 1.807) is 7.05 Å². The van der Waals surface area contributed by atoms with Crippen molar-refractivity contribution in [2.24, 2.45) is 4.99 Å². The van der Waals surface area contributed by atoms with Gasteiger partial charge in [0.2, 0.25) is 0 Å². The van der Waals surface area contributed by atoms with Crippen molar-refractivity contribution < 1.29 is 0 Å². The molecule has 4 nitrogen and oxygen atoms in total. The molecule has 0 bridgehead atoms. The minimum atomic E-state index is 0. The highest BCUT2D eigenvalue weighted by Crippen LogP contribution is 2.10. The van der Waals surface area contributed by atoms with Gasteiger partial charge >= 0.3 is 0 Å². The Hall–Kier alpha value is -0.530. The first-order valence-electron chi connectivity index (χ1n) is 6.71. The smallest absolute Gasteiger partial charge is 0.191 e. The number of halogens is 2. The van der Waals surface area contributed by atoms with Crippen LogP contribution in [0.15, 0.2) is 29.3 Å². The van der Waals surface area contributed by atoms with Crippen LogP contribution >= 0.6 is 35.6 Å². The fraction of sp³-hybridized carbons (Fsp3) is 0.533. The van der Waals surface area contributed by atoms with Crippen LogP contribution in [0.4, 0.5) is 0 Å². The zero-order valence-corrected chi connectivity index (χ0v) is 16.5. The molecule has 1 aromatic carbocycles. The van der Waals surface area contributed by atoms with E-state index in [9.17, 15) is 0 Å². The van der Waals surface area contributed by atoms with Crippen molar-refractivity contribution in [1.82, 2.24) is 15.5 Å². The molecule has 0 unspecified atom stereocenters. The van der Waals surface area contributed by atoms with Crippen LogP contribution in [-0.2, 0) is 6.54 Å². The molecule has 0 aliphatic heterocycles. The van der Waals surface area contributed by atoms with E-state index in [4.69, 9.17) is 11.6 Å². The van der Waals surface area contributed by atoms with Crippen molar-refractivity contribution in [3.63, 3.8) is 0 Å². The van der Waals surface area contributed by atoms with E-state index >= 15 is 0 Å². The summed E-state index contributed by atoms with van der Waals surface area (Å²) in [7, 11) is 5.92. The Kier molecular flexibility index (Phi) is 9.24. The molecule has 0 spiro atoms. The predicted molar refractivity (Wildman–Crippen MR) is 103 cm³/mol. The van der Waals surface area contributed by atoms with Crippen LogP contribution in [0.5, 0.6) is 0 Å². The molecule has 0 aliphatic carbocycles. The van der Waals surface area contributed by atoms with Gasteiger partial charge in [-0.05, 0) is 45.6 Å². The number of nitrogens with one attached hydrogen (secondary N) is 2. The van der Waals surface area contributed by atoms with Gasteiger partial charge < -0.3 is 15.5 Å². The molecule has 1 aromatic rings. The van der Waals surface area contributed by atoms with Crippen LogP contribution in [0.25, 0.3) is 0 Å². The summed E-state index contributed by atoms with van der Waals surface area (Å²) in [6.45, 7) is 5.88. The van der Waals surface area contributed by atoms with Gasteiger partial charge in [-0.3, -0.25) is 4.99 Å². The zero-order valence-electron chi connectivity index (χ0n) is 13.4. The molecule has 0 aliphatic rings. The number of benzene rings is 1. The molecule has 0 saturated heterocycles. The summed E-state index contributed by atoms with van der Waals surface area (Å²) in [5.41, 5.74) is 1.19. The summed E-state index contributed by atoms with van der Waals surface area (Å²) in [6, 6.07) is 7.81. The molecule has 0 radical (unpaired) electrons. The standard InChI is InChI=1S/C15H25ClN4.HI/c1-15(2,20(4)5)11-19-14(17-3)18-10-12-7-6-8-13(16)9-12;/h6-9H,10-11H2,1-5H3,(H2,17,18,19);1H. The van der Waals surface area contributed by atoms with Crippen molar-refractivity contribution in [2.75, 3.05) is 27.7 Å². The minimum absolute atomic E-state index is 0. The lowest BCUT2D eigenvalue weighted by atomic mass is 10.0. The van der Waals surface area contributed by atoms with Crippen molar-refractivity contribution in [2.45, 2.75) is 25.9 Å². The molecule has 1 rings (SSSR count). The lowest BCUT2D eigenvalue weighted by Gasteiger charge is -2.33. The third-order valence-electron chi connectivity index (χ3n) is 3.47. The maximum atomic E-state index is 5.97. The first-order valence-corrected chi connectivity index (χ1v) is 7.09. The first kappa shape index (κ1) is 20.5. The van der Waals surface area contributed by atoms with E-state index in [-0.39, 0.29) is 29.5 Å². The van der Waals surface area contributed by atoms with E-state index in [2.05, 4.69) is 48.5 Å². The summed E-state index contributed by atoms with van der Waals surface area (Å²) in [5.74, 6) is 0.792. The lowest BCUT2D eigenvalue weighted by molar-refractivity contribution is 0.197. The maximum Gasteiger partial charge on any atom is 0.191 e. The molecule has 6 heteroatoms. The molecule has 0 aromatic heterocycles. The van der Waals surface area contributed by atoms with E-state index in [1.807, 2.05) is 24.3 Å². The highest BCUT2D eigenvalue weighted by Gasteiger charge is 2.20. The minimum Gasteiger partial charge on any atom is -0.355 e. The second-order valence-corrected chi connectivity index (χ2v) is 6.05. The Balaban J connectivity index is 0.00000400. The summed E-state index contributed by atoms with van der Waals surface area (Å²) in [5, 5.41) is 7.38. The Morgan fingerprint density at radius 3 is 2.48 bits per heavy atom. The molecular formula is C15H26ClIN4. The van der Waals surface area contributed by atoms with Crippen LogP contribution < -0.4 is 10.6 Å². The lowest BCUT2D eigenvalue weighted by Crippen LogP contribution is -2.50. The Labute approximate surface area is 150 Å². The van der Waals surface area contributed by atoms with Gasteiger partial charge in [0.15, 0.2) is 5.96 Å². The van der Waals surface area contributed by atoms with Gasteiger partial charge in [0.1, 0.15) is 0 Å². The van der Waals surface area contributed by atoms with E-state index < -0.39 is 0 Å². The molecule has 0 fully saturated rings. The number of aliphatic imine (C=N–C) groups is 1. The van der Waals surface area contributed by atoms with Gasteiger partial charge in [-0.25, -0.2) is 0 Å². The van der Waals surface area contributed by atoms with Crippen LogP contribution in [0, 0.1) is 0 Å². The van der Waals surface area contributed by atoms with Gasteiger partial charge in [0.05, 0.1) is 0 Å². The number of hydrogen-bond acceptors (Lipinski definition) is 2. The van der Waals surface area contributed by atoms with Gasteiger partial charge in [-0.15, -0.1) is 24.0 Å². The summed E-state index contributed by atoms with van der Waals surface area (Å²) >= 11 is 5.97. The number of nitrogens with zero attached hydrogens (tertiary/aromatic N) is 2. The Bertz CT molecular complexity index is 461.